The van der Waals surface area contributed by atoms with E-state index < -0.39 is 0 Å². The zero-order valence-corrected chi connectivity index (χ0v) is 14.3. The van der Waals surface area contributed by atoms with E-state index in [9.17, 15) is 4.79 Å². The summed E-state index contributed by atoms with van der Waals surface area (Å²) in [5, 5.41) is 8.58. The van der Waals surface area contributed by atoms with Crippen molar-refractivity contribution in [2.24, 2.45) is 0 Å². The van der Waals surface area contributed by atoms with E-state index in [0.29, 0.717) is 0 Å². The first-order valence-electron chi connectivity index (χ1n) is 8.72. The number of imidazole rings is 1. The molecule has 0 radical (unpaired) electrons. The van der Waals surface area contributed by atoms with E-state index >= 15 is 0 Å². The van der Waals surface area contributed by atoms with Crippen LogP contribution in [-0.2, 0) is 4.79 Å². The van der Waals surface area contributed by atoms with E-state index in [0.717, 1.165) is 42.9 Å². The van der Waals surface area contributed by atoms with Crippen molar-refractivity contribution in [3.63, 3.8) is 0 Å². The molecule has 26 heavy (non-hydrogen) atoms. The van der Waals surface area contributed by atoms with Crippen LogP contribution in [0.3, 0.4) is 0 Å². The number of hydrogen-bond donors (Lipinski definition) is 1. The molecule has 3 aromatic rings. The molecule has 1 fully saturated rings. The normalized spacial score (nSPS) is 15.6. The number of nitrogens with one attached hydrogen (secondary N) is 1. The highest BCUT2D eigenvalue weighted by Crippen LogP contribution is 2.24. The number of aromatic nitrogens is 5. The van der Waals surface area contributed by atoms with Crippen molar-refractivity contribution in [2.75, 3.05) is 13.1 Å². The zero-order valence-electron chi connectivity index (χ0n) is 14.3. The number of carbonyl (C=O) groups is 1. The van der Waals surface area contributed by atoms with Crippen molar-refractivity contribution < 1.29 is 4.79 Å². The number of H-pyrrole nitrogens is 1. The highest BCUT2D eigenvalue weighted by molar-refractivity contribution is 5.91. The lowest BCUT2D eigenvalue weighted by molar-refractivity contribution is -0.127. The van der Waals surface area contributed by atoms with Gasteiger partial charge in [-0.1, -0.05) is 35.5 Å². The van der Waals surface area contributed by atoms with Gasteiger partial charge in [0.2, 0.25) is 5.91 Å². The number of aromatic amines is 1. The molecule has 2 aromatic heterocycles. The molecule has 1 aliphatic rings. The van der Waals surface area contributed by atoms with E-state index in [2.05, 4.69) is 20.3 Å². The number of nitrogens with zero attached hydrogens (tertiary/aromatic N) is 5. The summed E-state index contributed by atoms with van der Waals surface area (Å²) in [6, 6.07) is 10.3. The molecule has 132 valence electrons. The van der Waals surface area contributed by atoms with Gasteiger partial charge >= 0.3 is 0 Å². The fraction of sp³-hybridized carbons (Fsp3) is 0.263. The lowest BCUT2D eigenvalue weighted by Gasteiger charge is -2.31. The van der Waals surface area contributed by atoms with E-state index in [4.69, 9.17) is 0 Å². The van der Waals surface area contributed by atoms with Gasteiger partial charge in [0, 0.05) is 24.7 Å². The molecule has 1 amide bonds. The Morgan fingerprint density at radius 2 is 2.00 bits per heavy atom. The Morgan fingerprint density at radius 1 is 1.19 bits per heavy atom. The van der Waals surface area contributed by atoms with Crippen molar-refractivity contribution >= 4 is 12.0 Å². The summed E-state index contributed by atoms with van der Waals surface area (Å²) in [5.74, 6) is 0.0293. The maximum Gasteiger partial charge on any atom is 0.246 e. The Balaban J connectivity index is 1.35. The Kier molecular flexibility index (Phi) is 4.59. The number of benzene rings is 1. The third-order valence-electron chi connectivity index (χ3n) is 4.65. The maximum atomic E-state index is 12.3. The van der Waals surface area contributed by atoms with Crippen LogP contribution in [0.1, 0.15) is 24.6 Å². The fourth-order valence-electron chi connectivity index (χ4n) is 3.17. The molecule has 1 aliphatic heterocycles. The highest BCUT2D eigenvalue weighted by Gasteiger charge is 2.23. The molecule has 0 unspecified atom stereocenters. The summed E-state index contributed by atoms with van der Waals surface area (Å²) in [6.45, 7) is 1.44. The minimum absolute atomic E-state index is 0.0293. The molecule has 0 saturated carbocycles. The first-order chi connectivity index (χ1) is 12.8. The molecule has 7 nitrogen and oxygen atoms in total. The van der Waals surface area contributed by atoms with Crippen LogP contribution in [0, 0.1) is 0 Å². The van der Waals surface area contributed by atoms with Crippen LogP contribution in [-0.4, -0.2) is 48.9 Å². The summed E-state index contributed by atoms with van der Waals surface area (Å²) in [7, 11) is 0. The monoisotopic (exact) mass is 348 g/mol. The van der Waals surface area contributed by atoms with Gasteiger partial charge in [0.15, 0.2) is 0 Å². The topological polar surface area (TPSA) is 79.7 Å². The number of likely N-dealkylation sites (tertiary alicyclic amines) is 1. The summed E-state index contributed by atoms with van der Waals surface area (Å²) >= 11 is 0. The number of rotatable bonds is 4. The number of amides is 1. The summed E-state index contributed by atoms with van der Waals surface area (Å²) in [5.41, 5.74) is 2.77. The third-order valence-corrected chi connectivity index (χ3v) is 4.65. The SMILES string of the molecule is O=C(/C=C/c1cnc[nH]1)N1CCC(n2cc(-c3ccccc3)nn2)CC1. The molecular weight excluding hydrogens is 328 g/mol. The highest BCUT2D eigenvalue weighted by atomic mass is 16.2. The van der Waals surface area contributed by atoms with Gasteiger partial charge in [-0.15, -0.1) is 5.10 Å². The van der Waals surface area contributed by atoms with Crippen molar-refractivity contribution in [1.82, 2.24) is 29.9 Å². The van der Waals surface area contributed by atoms with Gasteiger partial charge in [-0.05, 0) is 18.9 Å². The first-order valence-corrected chi connectivity index (χ1v) is 8.72. The molecule has 3 heterocycles. The van der Waals surface area contributed by atoms with Gasteiger partial charge in [-0.2, -0.15) is 0 Å². The van der Waals surface area contributed by atoms with Crippen LogP contribution in [0.5, 0.6) is 0 Å². The Hall–Kier alpha value is -3.22. The van der Waals surface area contributed by atoms with Crippen molar-refractivity contribution in [2.45, 2.75) is 18.9 Å². The van der Waals surface area contributed by atoms with Crippen LogP contribution in [0.25, 0.3) is 17.3 Å². The number of hydrogen-bond acceptors (Lipinski definition) is 4. The summed E-state index contributed by atoms with van der Waals surface area (Å²) < 4.78 is 1.94. The average molecular weight is 348 g/mol. The number of carbonyl (C=O) groups excluding carboxylic acids is 1. The summed E-state index contributed by atoms with van der Waals surface area (Å²) in [6.07, 6.45) is 10.4. The van der Waals surface area contributed by atoms with E-state index in [1.54, 1.807) is 24.7 Å². The molecule has 0 spiro atoms. The van der Waals surface area contributed by atoms with Gasteiger partial charge < -0.3 is 9.88 Å². The summed E-state index contributed by atoms with van der Waals surface area (Å²) in [4.78, 5) is 21.1. The van der Waals surface area contributed by atoms with Crippen LogP contribution in [0.2, 0.25) is 0 Å². The van der Waals surface area contributed by atoms with Crippen LogP contribution in [0.15, 0.2) is 55.1 Å². The average Bonchev–Trinajstić information content (AvgIpc) is 3.39. The molecule has 1 saturated heterocycles. The van der Waals surface area contributed by atoms with Gasteiger partial charge in [0.05, 0.1) is 30.5 Å². The Morgan fingerprint density at radius 3 is 2.73 bits per heavy atom. The second kappa shape index (κ2) is 7.35. The van der Waals surface area contributed by atoms with Crippen molar-refractivity contribution in [3.8, 4) is 11.3 Å². The third kappa shape index (κ3) is 3.56. The predicted molar refractivity (Wildman–Crippen MR) is 97.9 cm³/mol. The lowest BCUT2D eigenvalue weighted by Crippen LogP contribution is -2.38. The van der Waals surface area contributed by atoms with Gasteiger partial charge in [-0.3, -0.25) is 4.79 Å². The minimum atomic E-state index is 0.0293. The maximum absolute atomic E-state index is 12.3. The van der Waals surface area contributed by atoms with Crippen molar-refractivity contribution in [3.05, 3.63) is 60.8 Å². The molecule has 7 heteroatoms. The second-order valence-electron chi connectivity index (χ2n) is 6.35. The predicted octanol–water partition coefficient (Wildman–Crippen LogP) is 2.55. The second-order valence-corrected chi connectivity index (χ2v) is 6.35. The smallest absolute Gasteiger partial charge is 0.246 e. The zero-order chi connectivity index (χ0) is 17.8. The van der Waals surface area contributed by atoms with Gasteiger partial charge in [0.1, 0.15) is 5.69 Å². The molecule has 0 aliphatic carbocycles. The van der Waals surface area contributed by atoms with E-state index in [1.807, 2.05) is 46.1 Å². The fourth-order valence-corrected chi connectivity index (χ4v) is 3.17. The van der Waals surface area contributed by atoms with E-state index in [1.165, 1.54) is 0 Å². The van der Waals surface area contributed by atoms with Crippen molar-refractivity contribution in [1.29, 1.82) is 0 Å². The molecular formula is C19H20N6O. The Labute approximate surface area is 151 Å². The quantitative estimate of drug-likeness (QED) is 0.735. The molecule has 0 atom stereocenters. The van der Waals surface area contributed by atoms with Gasteiger partial charge in [-0.25, -0.2) is 9.67 Å². The molecule has 1 aromatic carbocycles. The minimum Gasteiger partial charge on any atom is -0.345 e. The Bertz CT molecular complexity index is 876. The van der Waals surface area contributed by atoms with Crippen LogP contribution in [0.4, 0.5) is 0 Å². The number of piperidine rings is 1. The van der Waals surface area contributed by atoms with Crippen LogP contribution < -0.4 is 0 Å². The van der Waals surface area contributed by atoms with Gasteiger partial charge in [0.25, 0.3) is 0 Å². The van der Waals surface area contributed by atoms with E-state index in [-0.39, 0.29) is 11.9 Å². The first kappa shape index (κ1) is 16.3. The largest absolute Gasteiger partial charge is 0.345 e. The molecule has 1 N–H and O–H groups in total. The molecule has 0 bridgehead atoms. The molecule has 4 rings (SSSR count). The lowest BCUT2D eigenvalue weighted by atomic mass is 10.1. The standard InChI is InChI=1S/C19H20N6O/c26-19(7-6-16-12-20-14-21-16)24-10-8-17(9-11-24)25-13-18(22-23-25)15-4-2-1-3-5-15/h1-7,12-14,17H,8-11H2,(H,20,21)/b7-6+. The van der Waals surface area contributed by atoms with Crippen LogP contribution >= 0.6 is 0 Å².